The molecule has 4 nitrogen and oxygen atoms in total. The fourth-order valence-corrected chi connectivity index (χ4v) is 6.82. The molecular formula is C12H26NaO4S6+. The zero-order valence-corrected chi connectivity index (χ0v) is 20.5. The van der Waals surface area contributed by atoms with E-state index in [9.17, 15) is 8.42 Å². The zero-order chi connectivity index (χ0) is 16.5. The smallest absolute Gasteiger partial charge is 0.306 e. The summed E-state index contributed by atoms with van der Waals surface area (Å²) < 4.78 is 38.1. The van der Waals surface area contributed by atoms with Crippen molar-refractivity contribution in [2.75, 3.05) is 34.5 Å². The number of unbranched alkanes of at least 4 members (excludes halogenated alkanes) is 3. The first-order valence-corrected chi connectivity index (χ1v) is 14.8. The van der Waals surface area contributed by atoms with Crippen LogP contribution in [-0.2, 0) is 22.2 Å². The molecule has 0 fully saturated rings. The molecule has 11 heteroatoms. The van der Waals surface area contributed by atoms with Crippen LogP contribution in [0.1, 0.15) is 38.5 Å². The molecular weight excluding hydrogens is 424 g/mol. The summed E-state index contributed by atoms with van der Waals surface area (Å²) in [5, 5.41) is 0. The zero-order valence-electron chi connectivity index (χ0n) is 13.6. The SMILES string of the molecule is O=S(O)CCCCSSCCCCSSCCCCS(=O)O.[Na+]. The molecule has 0 saturated carbocycles. The van der Waals surface area contributed by atoms with Crippen LogP contribution in [0.2, 0.25) is 0 Å². The van der Waals surface area contributed by atoms with Crippen molar-refractivity contribution in [3.63, 3.8) is 0 Å². The summed E-state index contributed by atoms with van der Waals surface area (Å²) in [6.07, 6.45) is 6.16. The van der Waals surface area contributed by atoms with Gasteiger partial charge in [0.05, 0.1) is 0 Å². The first-order chi connectivity index (χ1) is 10.6. The van der Waals surface area contributed by atoms with E-state index in [0.717, 1.165) is 37.2 Å². The molecule has 0 aliphatic rings. The number of rotatable bonds is 17. The normalized spacial score (nSPS) is 13.5. The molecule has 23 heavy (non-hydrogen) atoms. The first kappa shape index (κ1) is 27.8. The van der Waals surface area contributed by atoms with Gasteiger partial charge in [-0.3, -0.25) is 0 Å². The molecule has 2 unspecified atom stereocenters. The summed E-state index contributed by atoms with van der Waals surface area (Å²) in [6.45, 7) is 0. The molecule has 0 aliphatic carbocycles. The summed E-state index contributed by atoms with van der Waals surface area (Å²) in [6, 6.07) is 0. The van der Waals surface area contributed by atoms with E-state index in [1.165, 1.54) is 24.3 Å². The number of hydrogen-bond donors (Lipinski definition) is 2. The van der Waals surface area contributed by atoms with Gasteiger partial charge in [-0.05, 0) is 38.5 Å². The molecule has 0 saturated heterocycles. The summed E-state index contributed by atoms with van der Waals surface area (Å²) in [5.41, 5.74) is 0. The van der Waals surface area contributed by atoms with Crippen LogP contribution in [0.4, 0.5) is 0 Å². The van der Waals surface area contributed by atoms with Crippen molar-refractivity contribution in [1.29, 1.82) is 0 Å². The Labute approximate surface area is 183 Å². The molecule has 0 amide bonds. The monoisotopic (exact) mass is 449 g/mol. The maximum atomic E-state index is 10.4. The Kier molecular flexibility index (Phi) is 27.4. The average Bonchev–Trinajstić information content (AvgIpc) is 2.46. The molecule has 0 heterocycles. The van der Waals surface area contributed by atoms with Gasteiger partial charge in [0.25, 0.3) is 0 Å². The minimum absolute atomic E-state index is 0. The van der Waals surface area contributed by atoms with E-state index in [0.29, 0.717) is 11.5 Å². The van der Waals surface area contributed by atoms with Crippen LogP contribution in [0.25, 0.3) is 0 Å². The standard InChI is InChI=1S/C12H26O4S6.Na/c13-21(14)11-5-3-9-19-17-7-1-2-8-18-20-10-4-6-12-22(15)16;/h1-12H2,(H,13,14)(H,15,16);/q;+1. The minimum Gasteiger partial charge on any atom is -0.306 e. The Morgan fingerprint density at radius 2 is 0.826 bits per heavy atom. The maximum absolute atomic E-state index is 10.4. The Balaban J connectivity index is 0. The van der Waals surface area contributed by atoms with Crippen molar-refractivity contribution in [2.24, 2.45) is 0 Å². The van der Waals surface area contributed by atoms with Crippen LogP contribution in [0.15, 0.2) is 0 Å². The van der Waals surface area contributed by atoms with E-state index in [2.05, 4.69) is 0 Å². The molecule has 0 aromatic rings. The number of hydrogen-bond acceptors (Lipinski definition) is 6. The van der Waals surface area contributed by atoms with Gasteiger partial charge in [-0.2, -0.15) is 0 Å². The topological polar surface area (TPSA) is 74.6 Å². The predicted octanol–water partition coefficient (Wildman–Crippen LogP) is 1.54. The van der Waals surface area contributed by atoms with Gasteiger partial charge in [0.15, 0.2) is 22.2 Å². The van der Waals surface area contributed by atoms with Crippen molar-refractivity contribution in [2.45, 2.75) is 38.5 Å². The predicted molar refractivity (Wildman–Crippen MR) is 109 cm³/mol. The minimum atomic E-state index is -1.63. The van der Waals surface area contributed by atoms with E-state index in [-0.39, 0.29) is 29.6 Å². The van der Waals surface area contributed by atoms with Crippen LogP contribution in [0.5, 0.6) is 0 Å². The largest absolute Gasteiger partial charge is 1.00 e. The molecule has 0 spiro atoms. The molecule has 2 N–H and O–H groups in total. The molecule has 0 radical (unpaired) electrons. The van der Waals surface area contributed by atoms with E-state index >= 15 is 0 Å². The van der Waals surface area contributed by atoms with Gasteiger partial charge in [-0.15, -0.1) is 0 Å². The quantitative estimate of drug-likeness (QED) is 0.150. The molecule has 2 atom stereocenters. The fourth-order valence-electron chi connectivity index (χ4n) is 1.33. The Bertz CT molecular complexity index is 271. The van der Waals surface area contributed by atoms with E-state index < -0.39 is 22.2 Å². The fraction of sp³-hybridized carbons (Fsp3) is 1.00. The van der Waals surface area contributed by atoms with Gasteiger partial charge in [-0.25, -0.2) is 8.42 Å². The Hall–Kier alpha value is 2.62. The maximum Gasteiger partial charge on any atom is 1.00 e. The van der Waals surface area contributed by atoms with Crippen molar-refractivity contribution >= 4 is 65.3 Å². The summed E-state index contributed by atoms with van der Waals surface area (Å²) in [4.78, 5) is 0. The third kappa shape index (κ3) is 27.0. The van der Waals surface area contributed by atoms with Crippen LogP contribution in [0, 0.1) is 0 Å². The molecule has 0 bridgehead atoms. The van der Waals surface area contributed by atoms with Gasteiger partial charge in [-0.1, -0.05) is 43.2 Å². The second kappa shape index (κ2) is 22.7. The summed E-state index contributed by atoms with van der Waals surface area (Å²) in [7, 11) is 7.53. The van der Waals surface area contributed by atoms with E-state index in [1.807, 2.05) is 43.2 Å². The van der Waals surface area contributed by atoms with Crippen LogP contribution in [0.3, 0.4) is 0 Å². The molecule has 134 valence electrons. The third-order valence-electron chi connectivity index (χ3n) is 2.47. The van der Waals surface area contributed by atoms with Crippen molar-refractivity contribution in [3.8, 4) is 0 Å². The summed E-state index contributed by atoms with van der Waals surface area (Å²) in [5.74, 6) is 5.26. The van der Waals surface area contributed by atoms with Gasteiger partial charge in [0.1, 0.15) is 0 Å². The van der Waals surface area contributed by atoms with Crippen LogP contribution >= 0.6 is 43.2 Å². The van der Waals surface area contributed by atoms with Gasteiger partial charge >= 0.3 is 29.6 Å². The van der Waals surface area contributed by atoms with Crippen LogP contribution < -0.4 is 29.6 Å². The molecule has 0 aromatic carbocycles. The molecule has 0 aromatic heterocycles. The second-order valence-electron chi connectivity index (χ2n) is 4.46. The molecule has 0 aliphatic heterocycles. The Morgan fingerprint density at radius 3 is 1.09 bits per heavy atom. The van der Waals surface area contributed by atoms with E-state index in [4.69, 9.17) is 9.11 Å². The Morgan fingerprint density at radius 1 is 0.565 bits per heavy atom. The van der Waals surface area contributed by atoms with Crippen molar-refractivity contribution < 1.29 is 47.1 Å². The van der Waals surface area contributed by atoms with Gasteiger partial charge < -0.3 is 9.11 Å². The third-order valence-corrected chi connectivity index (χ3v) is 8.90. The second-order valence-corrected chi connectivity index (χ2v) is 12.0. The van der Waals surface area contributed by atoms with Crippen LogP contribution in [-0.4, -0.2) is 52.0 Å². The molecule has 0 rings (SSSR count). The average molecular weight is 450 g/mol. The van der Waals surface area contributed by atoms with Crippen molar-refractivity contribution in [3.05, 3.63) is 0 Å². The summed E-state index contributed by atoms with van der Waals surface area (Å²) >= 11 is -3.26. The van der Waals surface area contributed by atoms with Crippen molar-refractivity contribution in [1.82, 2.24) is 0 Å². The van der Waals surface area contributed by atoms with Gasteiger partial charge in [0, 0.05) is 34.5 Å². The van der Waals surface area contributed by atoms with Gasteiger partial charge in [0.2, 0.25) is 0 Å². The van der Waals surface area contributed by atoms with E-state index in [1.54, 1.807) is 0 Å². The first-order valence-electron chi connectivity index (χ1n) is 7.26.